The van der Waals surface area contributed by atoms with E-state index < -0.39 is 0 Å². The van der Waals surface area contributed by atoms with Crippen molar-refractivity contribution in [2.45, 2.75) is 19.9 Å². The number of anilines is 2. The maximum Gasteiger partial charge on any atom is 0.224 e. The Hall–Kier alpha value is -1.36. The van der Waals surface area contributed by atoms with Gasteiger partial charge in [-0.2, -0.15) is 4.98 Å². The Labute approximate surface area is 110 Å². The maximum absolute atomic E-state index is 4.45. The lowest BCUT2D eigenvalue weighted by Gasteiger charge is -2.28. The van der Waals surface area contributed by atoms with E-state index in [9.17, 15) is 0 Å². The molecule has 1 rings (SSSR count). The highest BCUT2D eigenvalue weighted by atomic mass is 15.2. The van der Waals surface area contributed by atoms with Gasteiger partial charge in [-0.05, 0) is 26.1 Å². The summed E-state index contributed by atoms with van der Waals surface area (Å²) in [6.45, 7) is 5.30. The molecule has 5 nitrogen and oxygen atoms in total. The number of hydrogen-bond donors (Lipinski definition) is 1. The zero-order chi connectivity index (χ0) is 13.7. The van der Waals surface area contributed by atoms with Crippen molar-refractivity contribution in [2.24, 2.45) is 5.92 Å². The molecule has 102 valence electrons. The van der Waals surface area contributed by atoms with E-state index in [0.29, 0.717) is 17.9 Å². The van der Waals surface area contributed by atoms with Crippen LogP contribution in [0.15, 0.2) is 12.3 Å². The molecule has 0 unspecified atom stereocenters. The summed E-state index contributed by atoms with van der Waals surface area (Å²) in [6, 6.07) is 2.37. The van der Waals surface area contributed by atoms with E-state index in [2.05, 4.69) is 48.1 Å². The van der Waals surface area contributed by atoms with Crippen molar-refractivity contribution in [1.29, 1.82) is 0 Å². The van der Waals surface area contributed by atoms with Crippen LogP contribution in [-0.2, 0) is 0 Å². The van der Waals surface area contributed by atoms with Crippen LogP contribution in [0, 0.1) is 5.92 Å². The van der Waals surface area contributed by atoms with Gasteiger partial charge in [0.25, 0.3) is 0 Å². The molecule has 1 atom stereocenters. The van der Waals surface area contributed by atoms with E-state index in [1.165, 1.54) is 0 Å². The Morgan fingerprint density at radius 3 is 2.39 bits per heavy atom. The van der Waals surface area contributed by atoms with Gasteiger partial charge in [0, 0.05) is 32.9 Å². The monoisotopic (exact) mass is 251 g/mol. The van der Waals surface area contributed by atoms with Crippen LogP contribution in [0.4, 0.5) is 11.8 Å². The first-order valence-corrected chi connectivity index (χ1v) is 6.32. The molecular weight excluding hydrogens is 226 g/mol. The highest BCUT2D eigenvalue weighted by molar-refractivity contribution is 5.40. The summed E-state index contributed by atoms with van der Waals surface area (Å²) >= 11 is 0. The quantitative estimate of drug-likeness (QED) is 0.831. The second-order valence-electron chi connectivity index (χ2n) is 5.29. The fraction of sp³-hybridized carbons (Fsp3) is 0.692. The van der Waals surface area contributed by atoms with Crippen LogP contribution >= 0.6 is 0 Å². The summed E-state index contributed by atoms with van der Waals surface area (Å²) in [5.74, 6) is 2.19. The van der Waals surface area contributed by atoms with E-state index in [1.54, 1.807) is 6.20 Å². The normalized spacial score (nSPS) is 12.9. The molecule has 0 radical (unpaired) electrons. The zero-order valence-corrected chi connectivity index (χ0v) is 12.3. The first kappa shape index (κ1) is 14.7. The molecule has 1 aromatic heterocycles. The number of nitrogens with one attached hydrogen (secondary N) is 1. The van der Waals surface area contributed by atoms with Gasteiger partial charge < -0.3 is 15.1 Å². The van der Waals surface area contributed by atoms with Gasteiger partial charge in [-0.15, -0.1) is 0 Å². The molecule has 0 amide bonds. The molecule has 0 fully saturated rings. The van der Waals surface area contributed by atoms with Crippen molar-refractivity contribution in [3.8, 4) is 0 Å². The third kappa shape index (κ3) is 4.14. The molecule has 1 aromatic rings. The van der Waals surface area contributed by atoms with Crippen molar-refractivity contribution < 1.29 is 0 Å². The Kier molecular flexibility index (Phi) is 5.34. The van der Waals surface area contributed by atoms with Gasteiger partial charge in [0.05, 0.1) is 0 Å². The van der Waals surface area contributed by atoms with Gasteiger partial charge in [-0.1, -0.05) is 13.8 Å². The van der Waals surface area contributed by atoms with Crippen LogP contribution in [0.5, 0.6) is 0 Å². The number of rotatable bonds is 6. The number of likely N-dealkylation sites (N-methyl/N-ethyl adjacent to an activating group) is 1. The Morgan fingerprint density at radius 1 is 1.22 bits per heavy atom. The highest BCUT2D eigenvalue weighted by Crippen LogP contribution is 2.11. The molecule has 1 N–H and O–H groups in total. The number of nitrogens with zero attached hydrogens (tertiary/aromatic N) is 4. The van der Waals surface area contributed by atoms with Crippen LogP contribution in [0.25, 0.3) is 0 Å². The molecule has 1 heterocycles. The predicted molar refractivity (Wildman–Crippen MR) is 77.2 cm³/mol. The van der Waals surface area contributed by atoms with Gasteiger partial charge >= 0.3 is 0 Å². The predicted octanol–water partition coefficient (Wildman–Crippen LogP) is 1.54. The Bertz CT molecular complexity index is 354. The lowest BCUT2D eigenvalue weighted by atomic mass is 10.0. The minimum atomic E-state index is 0.469. The van der Waals surface area contributed by atoms with Crippen LogP contribution in [0.3, 0.4) is 0 Å². The fourth-order valence-corrected chi connectivity index (χ4v) is 1.89. The molecule has 0 spiro atoms. The Morgan fingerprint density at radius 2 is 1.89 bits per heavy atom. The maximum atomic E-state index is 4.45. The van der Waals surface area contributed by atoms with Crippen LogP contribution in [0.2, 0.25) is 0 Å². The smallest absolute Gasteiger partial charge is 0.224 e. The third-order valence-electron chi connectivity index (χ3n) is 3.00. The molecule has 0 bridgehead atoms. The minimum Gasteiger partial charge on any atom is -0.363 e. The van der Waals surface area contributed by atoms with Crippen molar-refractivity contribution in [1.82, 2.24) is 14.9 Å². The average Bonchev–Trinajstić information content (AvgIpc) is 2.28. The fourth-order valence-electron chi connectivity index (χ4n) is 1.89. The first-order valence-electron chi connectivity index (χ1n) is 6.32. The molecule has 18 heavy (non-hydrogen) atoms. The lowest BCUT2D eigenvalue weighted by molar-refractivity contribution is 0.243. The van der Waals surface area contributed by atoms with E-state index in [1.807, 2.05) is 25.1 Å². The van der Waals surface area contributed by atoms with Gasteiger partial charge in [-0.3, -0.25) is 0 Å². The van der Waals surface area contributed by atoms with Gasteiger partial charge in [0.2, 0.25) is 5.95 Å². The molecule has 0 aliphatic heterocycles. The summed E-state index contributed by atoms with van der Waals surface area (Å²) in [5, 5.41) is 3.31. The third-order valence-corrected chi connectivity index (χ3v) is 3.00. The molecule has 0 aliphatic rings. The lowest BCUT2D eigenvalue weighted by Crippen LogP contribution is -2.39. The van der Waals surface area contributed by atoms with Gasteiger partial charge in [-0.25, -0.2) is 4.98 Å². The molecule has 0 saturated heterocycles. The molecule has 0 aliphatic carbocycles. The molecular formula is C13H25N5. The molecule has 0 aromatic carbocycles. The van der Waals surface area contributed by atoms with Gasteiger partial charge in [0.15, 0.2) is 0 Å². The minimum absolute atomic E-state index is 0.469. The second kappa shape index (κ2) is 6.54. The summed E-state index contributed by atoms with van der Waals surface area (Å²) in [6.07, 6.45) is 1.78. The van der Waals surface area contributed by atoms with E-state index in [-0.39, 0.29) is 0 Å². The SMILES string of the molecule is CC(C)[C@@H](CNc1nccc(N(C)C)n1)N(C)C. The van der Waals surface area contributed by atoms with E-state index in [0.717, 1.165) is 12.4 Å². The van der Waals surface area contributed by atoms with E-state index >= 15 is 0 Å². The van der Waals surface area contributed by atoms with Gasteiger partial charge in [0.1, 0.15) is 5.82 Å². The number of hydrogen-bond acceptors (Lipinski definition) is 5. The highest BCUT2D eigenvalue weighted by Gasteiger charge is 2.15. The largest absolute Gasteiger partial charge is 0.363 e. The van der Waals surface area contributed by atoms with Crippen LogP contribution < -0.4 is 10.2 Å². The molecule has 5 heteroatoms. The zero-order valence-electron chi connectivity index (χ0n) is 12.3. The van der Waals surface area contributed by atoms with Crippen molar-refractivity contribution in [2.75, 3.05) is 45.0 Å². The topological polar surface area (TPSA) is 44.3 Å². The standard InChI is InChI=1S/C13H25N5/c1-10(2)11(17(3)4)9-15-13-14-8-7-12(16-13)18(5)6/h7-8,10-11H,9H2,1-6H3,(H,14,15,16)/t11-/m1/s1. The summed E-state index contributed by atoms with van der Waals surface area (Å²) in [5.41, 5.74) is 0. The van der Waals surface area contributed by atoms with Crippen molar-refractivity contribution >= 4 is 11.8 Å². The van der Waals surface area contributed by atoms with Crippen molar-refractivity contribution in [3.05, 3.63) is 12.3 Å². The van der Waals surface area contributed by atoms with Crippen LogP contribution in [0.1, 0.15) is 13.8 Å². The number of aromatic nitrogens is 2. The van der Waals surface area contributed by atoms with Crippen LogP contribution in [-0.4, -0.2) is 55.6 Å². The first-order chi connectivity index (χ1) is 8.41. The van der Waals surface area contributed by atoms with E-state index in [4.69, 9.17) is 0 Å². The average molecular weight is 251 g/mol. The summed E-state index contributed by atoms with van der Waals surface area (Å²) < 4.78 is 0. The van der Waals surface area contributed by atoms with Crippen molar-refractivity contribution in [3.63, 3.8) is 0 Å². The summed E-state index contributed by atoms with van der Waals surface area (Å²) in [4.78, 5) is 12.9. The Balaban J connectivity index is 2.65. The molecule has 0 saturated carbocycles. The summed E-state index contributed by atoms with van der Waals surface area (Å²) in [7, 11) is 8.15. The second-order valence-corrected chi connectivity index (χ2v) is 5.29.